The van der Waals surface area contributed by atoms with Crippen molar-refractivity contribution in [1.29, 1.82) is 10.5 Å². The molecule has 0 bridgehead atoms. The van der Waals surface area contributed by atoms with Crippen molar-refractivity contribution in [3.05, 3.63) is 23.4 Å². The maximum absolute atomic E-state index is 9.31. The first kappa shape index (κ1) is 30.0. The summed E-state index contributed by atoms with van der Waals surface area (Å²) in [6, 6.07) is 5.09. The van der Waals surface area contributed by atoms with E-state index in [0.29, 0.717) is 0 Å². The fraction of sp³-hybridized carbons (Fsp3) is 0.739. The Kier molecular flexibility index (Phi) is 10.2. The first-order chi connectivity index (χ1) is 14.8. The van der Waals surface area contributed by atoms with E-state index in [0.717, 1.165) is 36.7 Å². The number of rotatable bonds is 12. The third-order valence-corrected chi connectivity index (χ3v) is 18.4. The van der Waals surface area contributed by atoms with Crippen LogP contribution in [0.5, 0.6) is 0 Å². The van der Waals surface area contributed by atoms with E-state index >= 15 is 0 Å². The molecular weight excluding hydrogens is 479 g/mol. The summed E-state index contributed by atoms with van der Waals surface area (Å²) in [5.41, 5.74) is 1.79. The Labute approximate surface area is 206 Å². The lowest BCUT2D eigenvalue weighted by atomic mass is 9.79. The summed E-state index contributed by atoms with van der Waals surface area (Å²) >= 11 is 0. The van der Waals surface area contributed by atoms with Crippen LogP contribution in [0.4, 0.5) is 0 Å². The molecule has 0 radical (unpaired) electrons. The topological polar surface area (TPSA) is 87.3 Å². The van der Waals surface area contributed by atoms with Crippen molar-refractivity contribution in [2.45, 2.75) is 91.7 Å². The van der Waals surface area contributed by atoms with E-state index in [2.05, 4.69) is 96.3 Å². The van der Waals surface area contributed by atoms with Gasteiger partial charge in [-0.3, -0.25) is 0 Å². The van der Waals surface area contributed by atoms with Gasteiger partial charge in [0.2, 0.25) is 0 Å². The lowest BCUT2D eigenvalue weighted by Crippen LogP contribution is -2.56. The van der Waals surface area contributed by atoms with Gasteiger partial charge in [-0.2, -0.15) is 10.5 Å². The van der Waals surface area contributed by atoms with E-state index in [1.165, 1.54) is 0 Å². The number of hydrogen-bond acceptors (Lipinski definition) is 6. The largest absolute Gasteiger partial charge is 0.437 e. The predicted octanol–water partition coefficient (Wildman–Crippen LogP) is 6.36. The molecule has 0 saturated carbocycles. The van der Waals surface area contributed by atoms with Gasteiger partial charge < -0.3 is 17.7 Å². The molecule has 1 unspecified atom stereocenters. The average Bonchev–Trinajstić information content (AvgIpc) is 2.54. The summed E-state index contributed by atoms with van der Waals surface area (Å²) in [4.78, 5) is 0. The Hall–Kier alpha value is -0.992. The van der Waals surface area contributed by atoms with Crippen LogP contribution in [0, 0.1) is 34.0 Å². The Morgan fingerprint density at radius 1 is 0.939 bits per heavy atom. The van der Waals surface area contributed by atoms with E-state index in [9.17, 15) is 10.5 Å². The molecule has 1 atom stereocenters. The molecule has 1 aliphatic carbocycles. The fourth-order valence-electron chi connectivity index (χ4n) is 4.45. The van der Waals surface area contributed by atoms with Gasteiger partial charge >= 0.3 is 17.1 Å². The minimum atomic E-state index is -2.41. The van der Waals surface area contributed by atoms with Gasteiger partial charge in [0.1, 0.15) is 0 Å². The van der Waals surface area contributed by atoms with E-state index in [1.807, 2.05) is 6.08 Å². The van der Waals surface area contributed by atoms with Gasteiger partial charge in [0.15, 0.2) is 22.6 Å². The van der Waals surface area contributed by atoms with Crippen molar-refractivity contribution in [3.8, 4) is 12.1 Å². The van der Waals surface area contributed by atoms with Crippen LogP contribution in [-0.4, -0.2) is 40.3 Å². The zero-order valence-electron chi connectivity index (χ0n) is 22.7. The first-order valence-electron chi connectivity index (χ1n) is 11.9. The van der Waals surface area contributed by atoms with Crippen LogP contribution in [0.3, 0.4) is 0 Å². The van der Waals surface area contributed by atoms with Crippen LogP contribution >= 0.6 is 0 Å². The van der Waals surface area contributed by atoms with Gasteiger partial charge in [0.25, 0.3) is 0 Å². The van der Waals surface area contributed by atoms with E-state index < -0.39 is 39.7 Å². The Morgan fingerprint density at radius 3 is 1.97 bits per heavy atom. The molecule has 0 saturated heterocycles. The highest BCUT2D eigenvalue weighted by Gasteiger charge is 2.44. The highest BCUT2D eigenvalue weighted by Crippen LogP contribution is 2.35. The second-order valence-corrected chi connectivity index (χ2v) is 28.7. The summed E-state index contributed by atoms with van der Waals surface area (Å²) in [5.74, 6) is -0.728. The minimum absolute atomic E-state index is 0.0878. The standard InChI is InChI=1S/C23H45N3O3Si4/c1-23(2)16-20(21(18-24)19-25)15-22(17-23)26-13-12-14-33(11,28-31(6,7)8)29-32(9,10)27-30(3,4)5/h15-16,21,26H,12-14,17H2,1-11H3. The van der Waals surface area contributed by atoms with Crippen LogP contribution in [0.25, 0.3) is 0 Å². The molecular formula is C23H45N3O3Si4. The Bertz CT molecular complexity index is 816. The summed E-state index contributed by atoms with van der Waals surface area (Å²) in [5, 5.41) is 22.2. The molecule has 0 aliphatic heterocycles. The van der Waals surface area contributed by atoms with E-state index in [1.54, 1.807) is 0 Å². The molecule has 0 spiro atoms. The summed E-state index contributed by atoms with van der Waals surface area (Å²) < 4.78 is 19.9. The molecule has 1 N–H and O–H groups in total. The van der Waals surface area contributed by atoms with E-state index in [-0.39, 0.29) is 5.41 Å². The lowest BCUT2D eigenvalue weighted by molar-refractivity contribution is 0.322. The second-order valence-electron chi connectivity index (χ2n) is 12.3. The molecule has 6 nitrogen and oxygen atoms in total. The molecule has 0 aromatic heterocycles. The van der Waals surface area contributed by atoms with Crippen molar-refractivity contribution in [2.75, 3.05) is 6.54 Å². The molecule has 0 aromatic carbocycles. The van der Waals surface area contributed by atoms with Crippen molar-refractivity contribution >= 4 is 33.8 Å². The number of nitriles is 2. The summed E-state index contributed by atoms with van der Waals surface area (Å²) in [6.07, 6.45) is 5.83. The van der Waals surface area contributed by atoms with E-state index in [4.69, 9.17) is 12.3 Å². The zero-order valence-corrected chi connectivity index (χ0v) is 26.7. The summed E-state index contributed by atoms with van der Waals surface area (Å²) in [7, 11) is -8.19. The highest BCUT2D eigenvalue weighted by molar-refractivity contribution is 6.89. The molecule has 0 fully saturated rings. The molecule has 0 heterocycles. The highest BCUT2D eigenvalue weighted by atomic mass is 28.5. The molecule has 186 valence electrons. The van der Waals surface area contributed by atoms with Crippen LogP contribution < -0.4 is 5.32 Å². The molecule has 1 aliphatic rings. The van der Waals surface area contributed by atoms with Crippen LogP contribution in [0.15, 0.2) is 23.4 Å². The number of nitrogens with one attached hydrogen (secondary N) is 1. The van der Waals surface area contributed by atoms with Crippen LogP contribution in [-0.2, 0) is 12.3 Å². The predicted molar refractivity (Wildman–Crippen MR) is 146 cm³/mol. The zero-order chi connectivity index (χ0) is 25.7. The first-order valence-corrected chi connectivity index (χ1v) is 24.0. The molecule has 33 heavy (non-hydrogen) atoms. The van der Waals surface area contributed by atoms with Gasteiger partial charge in [-0.05, 0) is 94.9 Å². The summed E-state index contributed by atoms with van der Waals surface area (Å²) in [6.45, 7) is 24.8. The van der Waals surface area contributed by atoms with Gasteiger partial charge in [0, 0.05) is 12.2 Å². The molecule has 0 amide bonds. The van der Waals surface area contributed by atoms with Crippen LogP contribution in [0.2, 0.25) is 65.0 Å². The monoisotopic (exact) mass is 523 g/mol. The van der Waals surface area contributed by atoms with Gasteiger partial charge in [0.05, 0.1) is 12.1 Å². The molecule has 10 heteroatoms. The van der Waals surface area contributed by atoms with Crippen molar-refractivity contribution in [1.82, 2.24) is 5.32 Å². The molecule has 1 rings (SSSR count). The van der Waals surface area contributed by atoms with Gasteiger partial charge in [-0.25, -0.2) is 0 Å². The maximum Gasteiger partial charge on any atom is 0.315 e. The van der Waals surface area contributed by atoms with Crippen LogP contribution in [0.1, 0.15) is 26.7 Å². The van der Waals surface area contributed by atoms with Crippen molar-refractivity contribution in [3.63, 3.8) is 0 Å². The SMILES string of the molecule is CC1(C)C=C(C(C#N)C#N)C=C(NCCC[Si](C)(O[Si](C)(C)C)O[Si](C)(C)O[Si](C)(C)C)C1. The number of nitrogens with zero attached hydrogens (tertiary/aromatic N) is 2. The number of hydrogen-bond donors (Lipinski definition) is 1. The van der Waals surface area contributed by atoms with Crippen molar-refractivity contribution < 1.29 is 12.3 Å². The normalized spacial score (nSPS) is 18.6. The minimum Gasteiger partial charge on any atom is -0.437 e. The third-order valence-electron chi connectivity index (χ3n) is 4.83. The maximum atomic E-state index is 9.31. The Balaban J connectivity index is 2.86. The smallest absolute Gasteiger partial charge is 0.315 e. The van der Waals surface area contributed by atoms with Gasteiger partial charge in [-0.1, -0.05) is 19.9 Å². The second kappa shape index (κ2) is 11.2. The quantitative estimate of drug-likeness (QED) is 0.236. The lowest BCUT2D eigenvalue weighted by Gasteiger charge is -2.41. The van der Waals surface area contributed by atoms with Crippen molar-refractivity contribution in [2.24, 2.45) is 11.3 Å². The third kappa shape index (κ3) is 11.8. The molecule has 0 aromatic rings. The number of allylic oxidation sites excluding steroid dienone is 4. The van der Waals surface area contributed by atoms with Gasteiger partial charge in [-0.15, -0.1) is 0 Å². The fourth-order valence-corrected chi connectivity index (χ4v) is 22.4. The Morgan fingerprint density at radius 2 is 1.48 bits per heavy atom. The average molecular weight is 524 g/mol.